The fourth-order valence-electron chi connectivity index (χ4n) is 1.72. The average molecular weight is 323 g/mol. The summed E-state index contributed by atoms with van der Waals surface area (Å²) in [5.74, 6) is -0.731. The molecule has 1 amide bonds. The van der Waals surface area contributed by atoms with Gasteiger partial charge in [0.2, 0.25) is 0 Å². The highest BCUT2D eigenvalue weighted by Gasteiger charge is 2.07. The summed E-state index contributed by atoms with van der Waals surface area (Å²) in [4.78, 5) is 12.2. The predicted octanol–water partition coefficient (Wildman–Crippen LogP) is 3.04. The highest BCUT2D eigenvalue weighted by molar-refractivity contribution is 7.80. The number of amides is 1. The Balaban J connectivity index is 2.01. The van der Waals surface area contributed by atoms with E-state index in [2.05, 4.69) is 5.32 Å². The highest BCUT2D eigenvalue weighted by Crippen LogP contribution is 2.16. The lowest BCUT2D eigenvalue weighted by Gasteiger charge is -2.07. The zero-order valence-corrected chi connectivity index (χ0v) is 12.5. The normalized spacial score (nSPS) is 10.2. The molecule has 2 aromatic carbocycles. The minimum absolute atomic E-state index is 0.0301. The van der Waals surface area contributed by atoms with Gasteiger partial charge in [-0.05, 0) is 29.8 Å². The van der Waals surface area contributed by atoms with Gasteiger partial charge in [-0.1, -0.05) is 42.0 Å². The molecule has 0 aliphatic rings. The Kier molecular flexibility index (Phi) is 4.88. The molecule has 0 aliphatic heterocycles. The van der Waals surface area contributed by atoms with Gasteiger partial charge in [-0.2, -0.15) is 0 Å². The van der Waals surface area contributed by atoms with Crippen LogP contribution in [-0.2, 0) is 6.54 Å². The molecule has 0 radical (unpaired) electrons. The number of nitrogens with one attached hydrogen (secondary N) is 1. The highest BCUT2D eigenvalue weighted by atomic mass is 35.5. The predicted molar refractivity (Wildman–Crippen MR) is 84.9 cm³/mol. The van der Waals surface area contributed by atoms with E-state index < -0.39 is 5.82 Å². The van der Waals surface area contributed by atoms with Crippen LogP contribution in [-0.4, -0.2) is 10.9 Å². The minimum atomic E-state index is -0.486. The van der Waals surface area contributed by atoms with E-state index in [1.807, 2.05) is 0 Å². The Morgan fingerprint density at radius 2 is 1.81 bits per heavy atom. The zero-order chi connectivity index (χ0) is 15.4. The van der Waals surface area contributed by atoms with Crippen molar-refractivity contribution in [2.45, 2.75) is 6.54 Å². The van der Waals surface area contributed by atoms with Gasteiger partial charge in [0.25, 0.3) is 5.91 Å². The van der Waals surface area contributed by atoms with Gasteiger partial charge in [0.15, 0.2) is 0 Å². The first kappa shape index (κ1) is 15.4. The van der Waals surface area contributed by atoms with E-state index in [0.29, 0.717) is 11.1 Å². The Morgan fingerprint density at radius 1 is 1.19 bits per heavy atom. The molecule has 108 valence electrons. The van der Waals surface area contributed by atoms with Crippen LogP contribution in [0.3, 0.4) is 0 Å². The molecule has 6 heteroatoms. The lowest BCUT2D eigenvalue weighted by Crippen LogP contribution is -2.23. The lowest BCUT2D eigenvalue weighted by atomic mass is 10.1. The van der Waals surface area contributed by atoms with E-state index in [1.54, 1.807) is 30.3 Å². The van der Waals surface area contributed by atoms with E-state index in [-0.39, 0.29) is 22.5 Å². The summed E-state index contributed by atoms with van der Waals surface area (Å²) >= 11 is 10.5. The molecule has 0 atom stereocenters. The maximum absolute atomic E-state index is 13.0. The molecule has 0 saturated carbocycles. The van der Waals surface area contributed by atoms with Gasteiger partial charge in [-0.25, -0.2) is 4.39 Å². The van der Waals surface area contributed by atoms with Gasteiger partial charge in [-0.3, -0.25) is 4.79 Å². The van der Waals surface area contributed by atoms with E-state index in [4.69, 9.17) is 29.6 Å². The molecule has 0 spiro atoms. The minimum Gasteiger partial charge on any atom is -0.389 e. The number of carbonyl (C=O) groups is 1. The molecule has 0 bridgehead atoms. The first-order valence-electron chi connectivity index (χ1n) is 6.09. The SMILES string of the molecule is NC(=S)c1ccc(C(=O)NCc2ccc(F)c(Cl)c2)cc1. The molecular formula is C15H12ClFN2OS. The molecule has 2 rings (SSSR count). The number of thiocarbonyl (C=S) groups is 1. The van der Waals surface area contributed by atoms with Gasteiger partial charge in [0.05, 0.1) is 5.02 Å². The maximum atomic E-state index is 13.0. The summed E-state index contributed by atoms with van der Waals surface area (Å²) in [7, 11) is 0. The largest absolute Gasteiger partial charge is 0.389 e. The van der Waals surface area contributed by atoms with Crippen molar-refractivity contribution >= 4 is 34.7 Å². The second-order valence-electron chi connectivity index (χ2n) is 4.37. The number of carbonyl (C=O) groups excluding carboxylic acids is 1. The van der Waals surface area contributed by atoms with E-state index >= 15 is 0 Å². The second-order valence-corrected chi connectivity index (χ2v) is 5.22. The fraction of sp³-hybridized carbons (Fsp3) is 0.0667. The summed E-state index contributed by atoms with van der Waals surface area (Å²) in [6.45, 7) is 0.260. The zero-order valence-electron chi connectivity index (χ0n) is 10.9. The Hall–Kier alpha value is -1.98. The maximum Gasteiger partial charge on any atom is 0.251 e. The fourth-order valence-corrected chi connectivity index (χ4v) is 2.06. The second kappa shape index (κ2) is 6.65. The molecular weight excluding hydrogens is 311 g/mol. The standard InChI is InChI=1S/C15H12ClFN2OS/c16-12-7-9(1-6-13(12)17)8-19-15(20)11-4-2-10(3-5-11)14(18)21/h1-7H,8H2,(H2,18,21)(H,19,20). The Morgan fingerprint density at radius 3 is 2.38 bits per heavy atom. The monoisotopic (exact) mass is 322 g/mol. The Labute approximate surface area is 131 Å². The number of hydrogen-bond donors (Lipinski definition) is 2. The van der Waals surface area contributed by atoms with E-state index in [9.17, 15) is 9.18 Å². The van der Waals surface area contributed by atoms with Crippen LogP contribution >= 0.6 is 23.8 Å². The molecule has 3 nitrogen and oxygen atoms in total. The van der Waals surface area contributed by atoms with E-state index in [1.165, 1.54) is 12.1 Å². The van der Waals surface area contributed by atoms with Gasteiger partial charge >= 0.3 is 0 Å². The van der Waals surface area contributed by atoms with Crippen molar-refractivity contribution in [3.63, 3.8) is 0 Å². The van der Waals surface area contributed by atoms with Crippen LogP contribution < -0.4 is 11.1 Å². The van der Waals surface area contributed by atoms with Gasteiger partial charge in [0.1, 0.15) is 10.8 Å². The third-order valence-corrected chi connectivity index (χ3v) is 3.39. The summed E-state index contributed by atoms with van der Waals surface area (Å²) in [5, 5.41) is 2.76. The average Bonchev–Trinajstić information content (AvgIpc) is 2.48. The quantitative estimate of drug-likeness (QED) is 0.851. The topological polar surface area (TPSA) is 55.1 Å². The van der Waals surface area contributed by atoms with Crippen molar-refractivity contribution in [3.05, 3.63) is 70.0 Å². The molecule has 0 fully saturated rings. The van der Waals surface area contributed by atoms with Gasteiger partial charge < -0.3 is 11.1 Å². The smallest absolute Gasteiger partial charge is 0.251 e. The van der Waals surface area contributed by atoms with Crippen molar-refractivity contribution < 1.29 is 9.18 Å². The van der Waals surface area contributed by atoms with Gasteiger partial charge in [0, 0.05) is 17.7 Å². The number of rotatable bonds is 4. The molecule has 0 aliphatic carbocycles. The van der Waals surface area contributed by atoms with Crippen LogP contribution in [0, 0.1) is 5.82 Å². The van der Waals surface area contributed by atoms with Crippen molar-refractivity contribution in [2.75, 3.05) is 0 Å². The van der Waals surface area contributed by atoms with Crippen LogP contribution in [0.1, 0.15) is 21.5 Å². The third kappa shape index (κ3) is 4.00. The molecule has 0 saturated heterocycles. The van der Waals surface area contributed by atoms with Crippen LogP contribution in [0.15, 0.2) is 42.5 Å². The van der Waals surface area contributed by atoms with Crippen molar-refractivity contribution in [2.24, 2.45) is 5.73 Å². The summed E-state index contributed by atoms with van der Waals surface area (Å²) in [6, 6.07) is 11.0. The summed E-state index contributed by atoms with van der Waals surface area (Å²) < 4.78 is 13.0. The van der Waals surface area contributed by atoms with Gasteiger partial charge in [-0.15, -0.1) is 0 Å². The van der Waals surface area contributed by atoms with E-state index in [0.717, 1.165) is 5.56 Å². The summed E-state index contributed by atoms with van der Waals surface area (Å²) in [6.07, 6.45) is 0. The molecule has 0 heterocycles. The lowest BCUT2D eigenvalue weighted by molar-refractivity contribution is 0.0951. The number of hydrogen-bond acceptors (Lipinski definition) is 2. The third-order valence-electron chi connectivity index (χ3n) is 2.87. The number of halogens is 2. The van der Waals surface area contributed by atoms with Crippen molar-refractivity contribution in [1.29, 1.82) is 0 Å². The van der Waals surface area contributed by atoms with Crippen LogP contribution in [0.25, 0.3) is 0 Å². The molecule has 0 aromatic heterocycles. The number of benzene rings is 2. The molecule has 21 heavy (non-hydrogen) atoms. The first-order valence-corrected chi connectivity index (χ1v) is 6.88. The molecule has 0 unspecified atom stereocenters. The van der Waals surface area contributed by atoms with Crippen LogP contribution in [0.4, 0.5) is 4.39 Å². The van der Waals surface area contributed by atoms with Crippen LogP contribution in [0.5, 0.6) is 0 Å². The summed E-state index contributed by atoms with van der Waals surface area (Å²) in [5.41, 5.74) is 7.40. The van der Waals surface area contributed by atoms with Crippen molar-refractivity contribution in [1.82, 2.24) is 5.32 Å². The van der Waals surface area contributed by atoms with Crippen LogP contribution in [0.2, 0.25) is 5.02 Å². The molecule has 3 N–H and O–H groups in total. The van der Waals surface area contributed by atoms with Crippen molar-refractivity contribution in [3.8, 4) is 0 Å². The molecule has 2 aromatic rings. The first-order chi connectivity index (χ1) is 9.97. The Bertz CT molecular complexity index is 689. The number of nitrogens with two attached hydrogens (primary N) is 1.